The lowest BCUT2D eigenvalue weighted by Crippen LogP contribution is -2.40. The van der Waals surface area contributed by atoms with Crippen molar-refractivity contribution in [2.45, 2.75) is 29.6 Å². The zero-order chi connectivity index (χ0) is 16.7. The lowest BCUT2D eigenvalue weighted by Gasteiger charge is -2.36. The van der Waals surface area contributed by atoms with Crippen molar-refractivity contribution >= 4 is 34.9 Å². The molecule has 1 spiro atoms. The second-order valence-corrected chi connectivity index (χ2v) is 7.08. The van der Waals surface area contributed by atoms with Gasteiger partial charge >= 0.3 is 0 Å². The maximum absolute atomic E-state index is 12.4. The van der Waals surface area contributed by atoms with Crippen molar-refractivity contribution in [1.82, 2.24) is 0 Å². The zero-order valence-electron chi connectivity index (χ0n) is 13.4. The minimum absolute atomic E-state index is 0.0879. The van der Waals surface area contributed by atoms with Crippen molar-refractivity contribution in [3.05, 3.63) is 42.0 Å². The Labute approximate surface area is 145 Å². The number of fused-ring (bicyclic) bond motifs is 2. The Morgan fingerprint density at radius 3 is 2.79 bits per heavy atom. The molecule has 1 amide bonds. The van der Waals surface area contributed by atoms with Crippen LogP contribution in [0.25, 0.3) is 0 Å². The summed E-state index contributed by atoms with van der Waals surface area (Å²) in [6.07, 6.45) is 2.88. The van der Waals surface area contributed by atoms with Gasteiger partial charge in [-0.15, -0.1) is 0 Å². The lowest BCUT2D eigenvalue weighted by molar-refractivity contribution is -0.123. The third-order valence-corrected chi connectivity index (χ3v) is 5.81. The molecule has 0 saturated heterocycles. The largest absolute Gasteiger partial charge is 0.496 e. The van der Waals surface area contributed by atoms with Crippen molar-refractivity contribution < 1.29 is 9.53 Å². The summed E-state index contributed by atoms with van der Waals surface area (Å²) >= 11 is 1.47. The molecule has 24 heavy (non-hydrogen) atoms. The Morgan fingerprint density at radius 1 is 1.29 bits per heavy atom. The van der Waals surface area contributed by atoms with Crippen molar-refractivity contribution in [2.75, 3.05) is 22.9 Å². The highest BCUT2D eigenvalue weighted by Gasteiger charge is 2.51. The molecule has 124 valence electrons. The summed E-state index contributed by atoms with van der Waals surface area (Å²) in [5.74, 6) is 0.904. The molecule has 6 heteroatoms. The number of anilines is 3. The number of hydrogen-bond donors (Lipinski definition) is 3. The van der Waals surface area contributed by atoms with E-state index >= 15 is 0 Å². The summed E-state index contributed by atoms with van der Waals surface area (Å²) in [6.45, 7) is 0. The van der Waals surface area contributed by atoms with Crippen LogP contribution in [0.2, 0.25) is 0 Å². The fourth-order valence-corrected chi connectivity index (χ4v) is 4.18. The van der Waals surface area contributed by atoms with Crippen LogP contribution in [0.15, 0.2) is 41.3 Å². The van der Waals surface area contributed by atoms with Crippen LogP contribution in [0.1, 0.15) is 24.8 Å². The predicted molar refractivity (Wildman–Crippen MR) is 97.5 cm³/mol. The first-order valence-corrected chi connectivity index (χ1v) is 8.77. The Bertz CT molecular complexity index is 818. The number of benzene rings is 2. The smallest absolute Gasteiger partial charge is 0.235 e. The highest BCUT2D eigenvalue weighted by molar-refractivity contribution is 8.00. The van der Waals surface area contributed by atoms with E-state index in [9.17, 15) is 4.79 Å². The van der Waals surface area contributed by atoms with Gasteiger partial charge in [0.15, 0.2) is 0 Å². The molecule has 1 fully saturated rings. The third kappa shape index (κ3) is 2.21. The van der Waals surface area contributed by atoms with Gasteiger partial charge in [0.1, 0.15) is 5.75 Å². The summed E-state index contributed by atoms with van der Waals surface area (Å²) < 4.78 is 8.69. The van der Waals surface area contributed by atoms with E-state index in [-0.39, 0.29) is 11.3 Å². The molecule has 2 aromatic rings. The number of para-hydroxylation sites is 1. The minimum Gasteiger partial charge on any atom is -0.496 e. The van der Waals surface area contributed by atoms with Gasteiger partial charge < -0.3 is 20.5 Å². The zero-order valence-corrected chi connectivity index (χ0v) is 14.2. The maximum Gasteiger partial charge on any atom is 0.235 e. The molecule has 2 aromatic carbocycles. The van der Waals surface area contributed by atoms with Gasteiger partial charge in [-0.1, -0.05) is 18.6 Å². The van der Waals surface area contributed by atoms with E-state index in [0.29, 0.717) is 5.69 Å². The summed E-state index contributed by atoms with van der Waals surface area (Å²) in [4.78, 5) is 13.3. The quantitative estimate of drug-likeness (QED) is 0.583. The number of nitrogens with one attached hydrogen (secondary N) is 2. The number of hydrogen-bond acceptors (Lipinski definition) is 5. The van der Waals surface area contributed by atoms with Gasteiger partial charge in [0.25, 0.3) is 0 Å². The molecule has 0 radical (unpaired) electrons. The van der Waals surface area contributed by atoms with Crippen LogP contribution in [0.4, 0.5) is 17.1 Å². The monoisotopic (exact) mass is 341 g/mol. The van der Waals surface area contributed by atoms with Crippen LogP contribution >= 0.6 is 11.9 Å². The lowest BCUT2D eigenvalue weighted by atomic mass is 9.65. The number of methoxy groups -OCH3 is 1. The van der Waals surface area contributed by atoms with E-state index in [1.165, 1.54) is 11.9 Å². The molecular formula is C18H19N3O2S. The van der Waals surface area contributed by atoms with Crippen molar-refractivity contribution in [1.29, 1.82) is 0 Å². The van der Waals surface area contributed by atoms with Gasteiger partial charge in [0.05, 0.1) is 28.8 Å². The van der Waals surface area contributed by atoms with Crippen molar-refractivity contribution in [3.8, 4) is 5.75 Å². The highest BCUT2D eigenvalue weighted by Crippen LogP contribution is 2.53. The van der Waals surface area contributed by atoms with Gasteiger partial charge in [0, 0.05) is 5.69 Å². The summed E-state index contributed by atoms with van der Waals surface area (Å²) in [5.41, 5.74) is 9.12. The number of carbonyl (C=O) groups is 1. The van der Waals surface area contributed by atoms with Gasteiger partial charge in [-0.05, 0) is 54.6 Å². The van der Waals surface area contributed by atoms with Crippen LogP contribution in [0, 0.1) is 0 Å². The molecule has 0 atom stereocenters. The Balaban J connectivity index is 1.62. The van der Waals surface area contributed by atoms with Gasteiger partial charge in [-0.2, -0.15) is 0 Å². The molecule has 4 N–H and O–H groups in total. The summed E-state index contributed by atoms with van der Waals surface area (Å²) in [7, 11) is 1.66. The Morgan fingerprint density at radius 2 is 2.08 bits per heavy atom. The molecule has 0 aromatic heterocycles. The molecule has 4 rings (SSSR count). The number of rotatable bonds is 4. The average Bonchev–Trinajstić information content (AvgIpc) is 2.86. The molecule has 1 aliphatic carbocycles. The highest BCUT2D eigenvalue weighted by atomic mass is 32.2. The Hall–Kier alpha value is -2.34. The number of nitrogen functional groups attached to an aromatic ring is 1. The van der Waals surface area contributed by atoms with Crippen molar-refractivity contribution in [3.63, 3.8) is 0 Å². The number of nitrogens with two attached hydrogens (primary N) is 1. The van der Waals surface area contributed by atoms with Crippen molar-refractivity contribution in [2.24, 2.45) is 0 Å². The number of carbonyl (C=O) groups excluding carboxylic acids is 1. The van der Waals surface area contributed by atoms with Crippen LogP contribution in [-0.2, 0) is 10.2 Å². The SMILES string of the molecule is COc1ccccc1SNc1cc(N)c2c(c1)C1(CCC1)C(=O)N2. The molecule has 0 bridgehead atoms. The fourth-order valence-electron chi connectivity index (χ4n) is 3.44. The molecule has 1 heterocycles. The van der Waals surface area contributed by atoms with E-state index < -0.39 is 0 Å². The first-order valence-electron chi connectivity index (χ1n) is 7.95. The van der Waals surface area contributed by atoms with Crippen LogP contribution in [-0.4, -0.2) is 13.0 Å². The molecule has 0 unspecified atom stereocenters. The Kier molecular flexibility index (Phi) is 3.57. The van der Waals surface area contributed by atoms with Crippen LogP contribution in [0.5, 0.6) is 5.75 Å². The van der Waals surface area contributed by atoms with E-state index in [1.54, 1.807) is 7.11 Å². The molecule has 1 aliphatic heterocycles. The maximum atomic E-state index is 12.4. The predicted octanol–water partition coefficient (Wildman–Crippen LogP) is 3.77. The van der Waals surface area contributed by atoms with E-state index in [2.05, 4.69) is 10.0 Å². The summed E-state index contributed by atoms with van der Waals surface area (Å²) in [6, 6.07) is 11.7. The second-order valence-electron chi connectivity index (χ2n) is 6.23. The molecule has 2 aliphatic rings. The average molecular weight is 341 g/mol. The summed E-state index contributed by atoms with van der Waals surface area (Å²) in [5, 5.41) is 2.96. The normalized spacial score (nSPS) is 17.1. The van der Waals surface area contributed by atoms with Gasteiger partial charge in [0.2, 0.25) is 5.91 Å². The second kappa shape index (κ2) is 5.63. The minimum atomic E-state index is -0.365. The van der Waals surface area contributed by atoms with E-state index in [4.69, 9.17) is 10.5 Å². The first kappa shape index (κ1) is 15.2. The topological polar surface area (TPSA) is 76.4 Å². The molecular weight excluding hydrogens is 322 g/mol. The van der Waals surface area contributed by atoms with Gasteiger partial charge in [-0.25, -0.2) is 0 Å². The van der Waals surface area contributed by atoms with E-state index in [0.717, 1.165) is 46.8 Å². The fraction of sp³-hybridized carbons (Fsp3) is 0.278. The van der Waals surface area contributed by atoms with E-state index in [1.807, 2.05) is 36.4 Å². The van der Waals surface area contributed by atoms with Crippen LogP contribution in [0.3, 0.4) is 0 Å². The number of ether oxygens (including phenoxy) is 1. The standard InChI is InChI=1S/C18H19N3O2S/c1-23-14-5-2-3-6-15(14)24-21-11-9-12-16(13(19)10-11)20-17(22)18(12)7-4-8-18/h2-3,5-6,9-10,21H,4,7-8,19H2,1H3,(H,20,22). The van der Waals surface area contributed by atoms with Crippen LogP contribution < -0.4 is 20.5 Å². The molecule has 1 saturated carbocycles. The first-order chi connectivity index (χ1) is 11.6. The third-order valence-electron chi connectivity index (χ3n) is 4.91. The number of amides is 1. The molecule has 5 nitrogen and oxygen atoms in total. The van der Waals surface area contributed by atoms with Gasteiger partial charge in [-0.3, -0.25) is 4.79 Å².